The molecular weight excluding hydrogens is 368 g/mol. The van der Waals surface area contributed by atoms with Crippen molar-refractivity contribution < 1.29 is 14.1 Å². The Morgan fingerprint density at radius 1 is 1.24 bits per heavy atom. The highest BCUT2D eigenvalue weighted by Crippen LogP contribution is 2.34. The highest BCUT2D eigenvalue weighted by molar-refractivity contribution is 6.06. The fourth-order valence-corrected chi connectivity index (χ4v) is 4.78. The number of pyridine rings is 1. The summed E-state index contributed by atoms with van der Waals surface area (Å²) in [5.41, 5.74) is 2.65. The first-order chi connectivity index (χ1) is 14.0. The summed E-state index contributed by atoms with van der Waals surface area (Å²) >= 11 is 0. The molecule has 7 nitrogen and oxygen atoms in total. The average molecular weight is 401 g/mol. The van der Waals surface area contributed by atoms with Crippen LogP contribution in [-0.2, 0) is 4.74 Å². The summed E-state index contributed by atoms with van der Waals surface area (Å²) in [6.07, 6.45) is 5.97. The standard InChI is InChI=1S/C22H32N4O3/c1-15(2)18-13-17(19-16(3)25-29-21(19)24-18)20(27)23-14-22(7-5-4-6-8-22)26-9-11-28-12-10-26/h13,15H,4-12,14H2,1-3H3,(H,23,27). The second-order valence-corrected chi connectivity index (χ2v) is 8.76. The zero-order chi connectivity index (χ0) is 20.4. The fraction of sp³-hybridized carbons (Fsp3) is 0.682. The van der Waals surface area contributed by atoms with Gasteiger partial charge in [-0.1, -0.05) is 38.3 Å². The van der Waals surface area contributed by atoms with Crippen LogP contribution in [0, 0.1) is 6.92 Å². The van der Waals surface area contributed by atoms with Crippen molar-refractivity contribution in [1.29, 1.82) is 0 Å². The molecule has 2 aliphatic rings. The second kappa shape index (κ2) is 8.40. The molecule has 1 saturated carbocycles. The van der Waals surface area contributed by atoms with Crippen molar-refractivity contribution in [3.05, 3.63) is 23.0 Å². The first-order valence-electron chi connectivity index (χ1n) is 10.9. The minimum Gasteiger partial charge on any atom is -0.379 e. The molecule has 1 saturated heterocycles. The smallest absolute Gasteiger partial charge is 0.259 e. The van der Waals surface area contributed by atoms with E-state index < -0.39 is 0 Å². The van der Waals surface area contributed by atoms with E-state index in [9.17, 15) is 4.79 Å². The molecule has 0 spiro atoms. The van der Waals surface area contributed by atoms with Crippen LogP contribution in [0.15, 0.2) is 10.6 Å². The Labute approximate surface area is 172 Å². The van der Waals surface area contributed by atoms with E-state index in [1.54, 1.807) is 0 Å². The topological polar surface area (TPSA) is 80.5 Å². The van der Waals surface area contributed by atoms with E-state index in [4.69, 9.17) is 9.26 Å². The average Bonchev–Trinajstić information content (AvgIpc) is 3.13. The Bertz CT molecular complexity index is 864. The summed E-state index contributed by atoms with van der Waals surface area (Å²) in [6.45, 7) is 10.1. The van der Waals surface area contributed by atoms with E-state index in [1.807, 2.05) is 13.0 Å². The largest absolute Gasteiger partial charge is 0.379 e. The Balaban J connectivity index is 1.59. The zero-order valence-electron chi connectivity index (χ0n) is 17.8. The molecule has 2 aromatic heterocycles. The van der Waals surface area contributed by atoms with E-state index in [-0.39, 0.29) is 17.4 Å². The summed E-state index contributed by atoms with van der Waals surface area (Å²) < 4.78 is 10.9. The molecule has 7 heteroatoms. The highest BCUT2D eigenvalue weighted by atomic mass is 16.5. The zero-order valence-corrected chi connectivity index (χ0v) is 17.8. The summed E-state index contributed by atoms with van der Waals surface area (Å²) in [6, 6.07) is 1.90. The van der Waals surface area contributed by atoms with Gasteiger partial charge < -0.3 is 14.6 Å². The monoisotopic (exact) mass is 400 g/mol. The van der Waals surface area contributed by atoms with Crippen LogP contribution in [0.1, 0.15) is 73.6 Å². The van der Waals surface area contributed by atoms with Crippen LogP contribution in [0.3, 0.4) is 0 Å². The molecule has 3 heterocycles. The minimum atomic E-state index is -0.0659. The van der Waals surface area contributed by atoms with Crippen molar-refractivity contribution in [2.45, 2.75) is 64.3 Å². The molecule has 4 rings (SSSR count). The third-order valence-electron chi connectivity index (χ3n) is 6.52. The number of carbonyl (C=O) groups excluding carboxylic acids is 1. The van der Waals surface area contributed by atoms with Gasteiger partial charge in [0.25, 0.3) is 11.6 Å². The van der Waals surface area contributed by atoms with Crippen molar-refractivity contribution in [3.8, 4) is 0 Å². The van der Waals surface area contributed by atoms with E-state index in [2.05, 4.69) is 34.2 Å². The maximum Gasteiger partial charge on any atom is 0.259 e. The van der Waals surface area contributed by atoms with Gasteiger partial charge in [-0.25, -0.2) is 4.98 Å². The van der Waals surface area contributed by atoms with Crippen LogP contribution in [0.25, 0.3) is 11.1 Å². The molecular formula is C22H32N4O3. The number of nitrogens with zero attached hydrogens (tertiary/aromatic N) is 3. The third kappa shape index (κ3) is 4.03. The van der Waals surface area contributed by atoms with Gasteiger partial charge in [0.05, 0.1) is 29.9 Å². The Morgan fingerprint density at radius 2 is 1.97 bits per heavy atom. The first-order valence-corrected chi connectivity index (χ1v) is 10.9. The number of aryl methyl sites for hydroxylation is 1. The maximum absolute atomic E-state index is 13.3. The molecule has 158 valence electrons. The number of rotatable bonds is 5. The van der Waals surface area contributed by atoms with Crippen molar-refractivity contribution in [2.75, 3.05) is 32.8 Å². The van der Waals surface area contributed by atoms with Crippen LogP contribution in [0.4, 0.5) is 0 Å². The third-order valence-corrected chi connectivity index (χ3v) is 6.52. The molecule has 1 aliphatic carbocycles. The Hall–Kier alpha value is -1.99. The quantitative estimate of drug-likeness (QED) is 0.828. The van der Waals surface area contributed by atoms with Gasteiger partial charge in [0, 0.05) is 30.9 Å². The van der Waals surface area contributed by atoms with Gasteiger partial charge in [-0.15, -0.1) is 0 Å². The second-order valence-electron chi connectivity index (χ2n) is 8.76. The van der Waals surface area contributed by atoms with Crippen LogP contribution in [0.2, 0.25) is 0 Å². The van der Waals surface area contributed by atoms with Crippen LogP contribution in [-0.4, -0.2) is 59.3 Å². The fourth-order valence-electron chi connectivity index (χ4n) is 4.78. The molecule has 1 N–H and O–H groups in total. The van der Waals surface area contributed by atoms with Gasteiger partial charge in [-0.05, 0) is 31.7 Å². The summed E-state index contributed by atoms with van der Waals surface area (Å²) in [4.78, 5) is 20.4. The number of aromatic nitrogens is 2. The van der Waals surface area contributed by atoms with Gasteiger partial charge in [-0.3, -0.25) is 9.69 Å². The molecule has 2 aromatic rings. The summed E-state index contributed by atoms with van der Waals surface area (Å²) in [5, 5.41) is 8.02. The van der Waals surface area contributed by atoms with E-state index in [0.717, 1.165) is 50.2 Å². The van der Waals surface area contributed by atoms with Gasteiger partial charge in [0.15, 0.2) is 0 Å². The number of morpholine rings is 1. The van der Waals surface area contributed by atoms with Crippen LogP contribution < -0.4 is 5.32 Å². The van der Waals surface area contributed by atoms with Crippen molar-refractivity contribution >= 4 is 17.0 Å². The van der Waals surface area contributed by atoms with E-state index in [1.165, 1.54) is 19.3 Å². The number of hydrogen-bond donors (Lipinski definition) is 1. The lowest BCUT2D eigenvalue weighted by Gasteiger charge is -2.48. The lowest BCUT2D eigenvalue weighted by Crippen LogP contribution is -2.59. The van der Waals surface area contributed by atoms with Crippen molar-refractivity contribution in [2.24, 2.45) is 0 Å². The van der Waals surface area contributed by atoms with Crippen molar-refractivity contribution in [3.63, 3.8) is 0 Å². The van der Waals surface area contributed by atoms with Gasteiger partial charge in [-0.2, -0.15) is 0 Å². The minimum absolute atomic E-state index is 0.0361. The summed E-state index contributed by atoms with van der Waals surface area (Å²) in [7, 11) is 0. The van der Waals surface area contributed by atoms with Gasteiger partial charge >= 0.3 is 0 Å². The molecule has 2 fully saturated rings. The van der Waals surface area contributed by atoms with Gasteiger partial charge in [0.1, 0.15) is 0 Å². The number of ether oxygens (including phenoxy) is 1. The molecule has 1 amide bonds. The van der Waals surface area contributed by atoms with E-state index >= 15 is 0 Å². The van der Waals surface area contributed by atoms with Crippen LogP contribution in [0.5, 0.6) is 0 Å². The highest BCUT2D eigenvalue weighted by Gasteiger charge is 2.39. The molecule has 0 unspecified atom stereocenters. The first kappa shape index (κ1) is 20.3. The lowest BCUT2D eigenvalue weighted by atomic mass is 9.79. The molecule has 0 radical (unpaired) electrons. The number of carbonyl (C=O) groups is 1. The molecule has 0 aromatic carbocycles. The number of hydrogen-bond acceptors (Lipinski definition) is 6. The SMILES string of the molecule is Cc1noc2nc(C(C)C)cc(C(=O)NCC3(N4CCOCC4)CCCCC3)c12. The predicted octanol–water partition coefficient (Wildman–Crippen LogP) is 3.42. The van der Waals surface area contributed by atoms with E-state index in [0.29, 0.717) is 23.5 Å². The molecule has 1 aliphatic heterocycles. The number of nitrogens with one attached hydrogen (secondary N) is 1. The number of fused-ring (bicyclic) bond motifs is 1. The molecule has 0 atom stereocenters. The normalized spacial score (nSPS) is 20.3. The number of amides is 1. The predicted molar refractivity (Wildman–Crippen MR) is 111 cm³/mol. The molecule has 29 heavy (non-hydrogen) atoms. The Morgan fingerprint density at radius 3 is 2.66 bits per heavy atom. The summed E-state index contributed by atoms with van der Waals surface area (Å²) in [5.74, 6) is 0.137. The molecule has 0 bridgehead atoms. The maximum atomic E-state index is 13.3. The lowest BCUT2D eigenvalue weighted by molar-refractivity contribution is -0.0361. The van der Waals surface area contributed by atoms with Crippen molar-refractivity contribution in [1.82, 2.24) is 20.4 Å². The van der Waals surface area contributed by atoms with Crippen LogP contribution >= 0.6 is 0 Å². The van der Waals surface area contributed by atoms with Gasteiger partial charge in [0.2, 0.25) is 0 Å². The Kier molecular flexibility index (Phi) is 5.88.